The minimum Gasteiger partial charge on any atom is -0.294 e. The highest BCUT2D eigenvalue weighted by Gasteiger charge is 2.01. The predicted octanol–water partition coefficient (Wildman–Crippen LogP) is 2.86. The fourth-order valence-electron chi connectivity index (χ4n) is 0.806. The van der Waals surface area contributed by atoms with E-state index in [9.17, 15) is 4.79 Å². The molecule has 0 unspecified atom stereocenters. The molecule has 1 aromatic rings. The van der Waals surface area contributed by atoms with Gasteiger partial charge in [0.1, 0.15) is 0 Å². The molecule has 2 heteroatoms. The summed E-state index contributed by atoms with van der Waals surface area (Å²) in [6.45, 7) is 3.53. The number of hydrogen-bond donors (Lipinski definition) is 0. The summed E-state index contributed by atoms with van der Waals surface area (Å²) in [5.74, 6) is 0.0753. The fourth-order valence-corrected chi connectivity index (χ4v) is 1.21. The summed E-state index contributed by atoms with van der Waals surface area (Å²) in [7, 11) is 0. The number of halogens is 1. The van der Waals surface area contributed by atoms with Crippen LogP contribution in [0.3, 0.4) is 0 Å². The van der Waals surface area contributed by atoms with Gasteiger partial charge in [0.05, 0.1) is 0 Å². The molecule has 1 nitrogen and oxygen atoms in total. The number of benzene rings is 1. The lowest BCUT2D eigenvalue weighted by Gasteiger charge is -1.96. The van der Waals surface area contributed by atoms with E-state index in [0.29, 0.717) is 6.42 Å². The molecule has 0 aliphatic heterocycles. The maximum atomic E-state index is 11.1. The van der Waals surface area contributed by atoms with Gasteiger partial charge in [-0.2, -0.15) is 0 Å². The third-order valence-electron chi connectivity index (χ3n) is 1.37. The molecular formula is C9H8BrO. The molecule has 0 amide bonds. The smallest absolute Gasteiger partial charge is 0.162 e. The van der Waals surface area contributed by atoms with Gasteiger partial charge in [0, 0.05) is 16.5 Å². The van der Waals surface area contributed by atoms with Crippen LogP contribution in [0, 0.1) is 6.92 Å². The lowest BCUT2D eigenvalue weighted by Crippen LogP contribution is -1.95. The van der Waals surface area contributed by atoms with E-state index in [0.717, 1.165) is 10.0 Å². The first kappa shape index (κ1) is 8.47. The first-order valence-corrected chi connectivity index (χ1v) is 4.11. The normalized spacial score (nSPS) is 9.64. The molecule has 57 valence electrons. The van der Waals surface area contributed by atoms with Crippen molar-refractivity contribution in [2.24, 2.45) is 0 Å². The van der Waals surface area contributed by atoms with Crippen LogP contribution in [0.4, 0.5) is 0 Å². The van der Waals surface area contributed by atoms with Crippen LogP contribution in [0.5, 0.6) is 0 Å². The van der Waals surface area contributed by atoms with Crippen LogP contribution in [0.25, 0.3) is 0 Å². The third-order valence-corrected chi connectivity index (χ3v) is 1.87. The van der Waals surface area contributed by atoms with Gasteiger partial charge in [-0.15, -0.1) is 0 Å². The molecular weight excluding hydrogens is 204 g/mol. The lowest BCUT2D eigenvalue weighted by atomic mass is 10.1. The summed E-state index contributed by atoms with van der Waals surface area (Å²) < 4.78 is 0.928. The number of carbonyl (C=O) groups excluding carboxylic acids is 1. The molecule has 1 rings (SSSR count). The summed E-state index contributed by atoms with van der Waals surface area (Å²) in [5, 5.41) is 0. The molecule has 0 fully saturated rings. The van der Waals surface area contributed by atoms with Crippen molar-refractivity contribution in [1.82, 2.24) is 0 Å². The van der Waals surface area contributed by atoms with Gasteiger partial charge in [0.15, 0.2) is 5.78 Å². The monoisotopic (exact) mass is 211 g/mol. The van der Waals surface area contributed by atoms with Crippen molar-refractivity contribution in [2.75, 3.05) is 0 Å². The molecule has 0 saturated carbocycles. The molecule has 0 atom stereocenters. The van der Waals surface area contributed by atoms with Gasteiger partial charge < -0.3 is 0 Å². The average Bonchev–Trinajstić information content (AvgIpc) is 2.03. The molecule has 0 heterocycles. The predicted molar refractivity (Wildman–Crippen MR) is 48.4 cm³/mol. The molecule has 0 aliphatic rings. The SMILES string of the molecule is [CH2]CC(=O)c1cccc(Br)c1. The molecule has 11 heavy (non-hydrogen) atoms. The fraction of sp³-hybridized carbons (Fsp3) is 0.111. The van der Waals surface area contributed by atoms with Crippen molar-refractivity contribution in [3.63, 3.8) is 0 Å². The molecule has 1 aromatic carbocycles. The van der Waals surface area contributed by atoms with Crippen molar-refractivity contribution in [1.29, 1.82) is 0 Å². The summed E-state index contributed by atoms with van der Waals surface area (Å²) in [5.41, 5.74) is 0.717. The Balaban J connectivity index is 2.96. The van der Waals surface area contributed by atoms with Crippen molar-refractivity contribution >= 4 is 21.7 Å². The number of Topliss-reactive ketones (excluding diaryl/α,β-unsaturated/α-hetero) is 1. The van der Waals surface area contributed by atoms with Crippen molar-refractivity contribution in [3.8, 4) is 0 Å². The zero-order valence-corrected chi connectivity index (χ0v) is 7.60. The van der Waals surface area contributed by atoms with E-state index in [-0.39, 0.29) is 5.78 Å². The number of rotatable bonds is 2. The third kappa shape index (κ3) is 2.15. The van der Waals surface area contributed by atoms with Crippen LogP contribution in [0.15, 0.2) is 28.7 Å². The first-order valence-electron chi connectivity index (χ1n) is 3.32. The number of hydrogen-bond acceptors (Lipinski definition) is 1. The van der Waals surface area contributed by atoms with E-state index < -0.39 is 0 Å². The van der Waals surface area contributed by atoms with Gasteiger partial charge in [-0.25, -0.2) is 0 Å². The Morgan fingerprint density at radius 1 is 1.55 bits per heavy atom. The second-order valence-corrected chi connectivity index (χ2v) is 3.10. The zero-order chi connectivity index (χ0) is 8.27. The zero-order valence-electron chi connectivity index (χ0n) is 6.01. The second-order valence-electron chi connectivity index (χ2n) is 2.18. The highest BCUT2D eigenvalue weighted by atomic mass is 79.9. The Bertz CT molecular complexity index is 268. The topological polar surface area (TPSA) is 17.1 Å². The Kier molecular flexibility index (Phi) is 2.83. The van der Waals surface area contributed by atoms with Gasteiger partial charge in [0.2, 0.25) is 0 Å². The van der Waals surface area contributed by atoms with Crippen LogP contribution >= 0.6 is 15.9 Å². The van der Waals surface area contributed by atoms with Gasteiger partial charge >= 0.3 is 0 Å². The molecule has 0 saturated heterocycles. The number of ketones is 1. The van der Waals surface area contributed by atoms with Gasteiger partial charge in [-0.1, -0.05) is 28.1 Å². The second kappa shape index (κ2) is 3.67. The Labute approximate surface area is 74.6 Å². The first-order chi connectivity index (χ1) is 5.24. The van der Waals surface area contributed by atoms with Gasteiger partial charge in [-0.05, 0) is 19.1 Å². The Morgan fingerprint density at radius 2 is 2.27 bits per heavy atom. The molecule has 0 aliphatic carbocycles. The van der Waals surface area contributed by atoms with Crippen molar-refractivity contribution in [3.05, 3.63) is 41.2 Å². The standard InChI is InChI=1S/C9H8BrO/c1-2-9(11)7-4-3-5-8(10)6-7/h3-6H,1-2H2. The maximum Gasteiger partial charge on any atom is 0.162 e. The summed E-state index contributed by atoms with van der Waals surface area (Å²) in [4.78, 5) is 11.1. The van der Waals surface area contributed by atoms with E-state index in [1.165, 1.54) is 0 Å². The van der Waals surface area contributed by atoms with Crippen LogP contribution in [0.1, 0.15) is 16.8 Å². The minimum atomic E-state index is 0.0753. The van der Waals surface area contributed by atoms with Gasteiger partial charge in [0.25, 0.3) is 0 Å². The molecule has 0 spiro atoms. The van der Waals surface area contributed by atoms with Crippen LogP contribution in [0.2, 0.25) is 0 Å². The van der Waals surface area contributed by atoms with Crippen LogP contribution in [-0.2, 0) is 0 Å². The maximum absolute atomic E-state index is 11.1. The highest BCUT2D eigenvalue weighted by Crippen LogP contribution is 2.12. The summed E-state index contributed by atoms with van der Waals surface area (Å²) >= 11 is 3.29. The highest BCUT2D eigenvalue weighted by molar-refractivity contribution is 9.10. The molecule has 0 bridgehead atoms. The van der Waals surface area contributed by atoms with Crippen LogP contribution < -0.4 is 0 Å². The molecule has 0 N–H and O–H groups in total. The van der Waals surface area contributed by atoms with E-state index >= 15 is 0 Å². The minimum absolute atomic E-state index is 0.0753. The Morgan fingerprint density at radius 3 is 2.82 bits per heavy atom. The van der Waals surface area contributed by atoms with Crippen LogP contribution in [-0.4, -0.2) is 5.78 Å². The summed E-state index contributed by atoms with van der Waals surface area (Å²) in [6, 6.07) is 7.32. The van der Waals surface area contributed by atoms with E-state index in [1.54, 1.807) is 12.1 Å². The van der Waals surface area contributed by atoms with Crippen molar-refractivity contribution < 1.29 is 4.79 Å². The Hall–Kier alpha value is -0.630. The van der Waals surface area contributed by atoms with E-state index in [1.807, 2.05) is 12.1 Å². The van der Waals surface area contributed by atoms with Gasteiger partial charge in [-0.3, -0.25) is 4.79 Å². The molecule has 1 radical (unpaired) electrons. The lowest BCUT2D eigenvalue weighted by molar-refractivity contribution is 0.0995. The number of carbonyl (C=O) groups is 1. The van der Waals surface area contributed by atoms with Crippen molar-refractivity contribution in [2.45, 2.75) is 6.42 Å². The van der Waals surface area contributed by atoms with E-state index in [2.05, 4.69) is 22.9 Å². The quantitative estimate of drug-likeness (QED) is 0.689. The largest absolute Gasteiger partial charge is 0.294 e. The molecule has 0 aromatic heterocycles. The van der Waals surface area contributed by atoms with E-state index in [4.69, 9.17) is 0 Å². The summed E-state index contributed by atoms with van der Waals surface area (Å²) in [6.07, 6.45) is 0.316. The average molecular weight is 212 g/mol.